The highest BCUT2D eigenvalue weighted by atomic mass is 32.1. The van der Waals surface area contributed by atoms with Gasteiger partial charge in [0.25, 0.3) is 0 Å². The highest BCUT2D eigenvalue weighted by Gasteiger charge is 2.46. The van der Waals surface area contributed by atoms with E-state index in [1.165, 1.54) is 0 Å². The number of ether oxygens (including phenoxy) is 2. The van der Waals surface area contributed by atoms with Gasteiger partial charge in [-0.15, -0.1) is 0 Å². The second kappa shape index (κ2) is 3.75. The van der Waals surface area contributed by atoms with E-state index < -0.39 is 5.72 Å². The van der Waals surface area contributed by atoms with Crippen molar-refractivity contribution < 1.29 is 9.47 Å². The van der Waals surface area contributed by atoms with E-state index in [1.807, 2.05) is 24.1 Å². The van der Waals surface area contributed by atoms with Crippen LogP contribution in [0.25, 0.3) is 0 Å². The van der Waals surface area contributed by atoms with Gasteiger partial charge in [0.05, 0.1) is 13.2 Å². The molecule has 2 heterocycles. The lowest BCUT2D eigenvalue weighted by molar-refractivity contribution is -0.0577. The number of rotatable bonds is 1. The van der Waals surface area contributed by atoms with E-state index in [0.29, 0.717) is 0 Å². The molecule has 96 valence electrons. The normalized spacial score (nSPS) is 29.2. The zero-order chi connectivity index (χ0) is 12.9. The zero-order valence-electron chi connectivity index (χ0n) is 10.7. The van der Waals surface area contributed by atoms with Crippen LogP contribution in [0.2, 0.25) is 0 Å². The van der Waals surface area contributed by atoms with Gasteiger partial charge in [-0.2, -0.15) is 0 Å². The predicted octanol–water partition coefficient (Wildman–Crippen LogP) is 2.05. The summed E-state index contributed by atoms with van der Waals surface area (Å²) in [6.45, 7) is 2.06. The number of nitrogens with one attached hydrogen (secondary N) is 1. The maximum atomic E-state index is 6.17. The Hall–Kier alpha value is -1.49. The molecule has 1 aromatic rings. The summed E-state index contributed by atoms with van der Waals surface area (Å²) in [7, 11) is 3.61. The Morgan fingerprint density at radius 1 is 1.56 bits per heavy atom. The molecule has 1 saturated heterocycles. The molecule has 1 fully saturated rings. The van der Waals surface area contributed by atoms with Crippen LogP contribution in [0.1, 0.15) is 24.9 Å². The average Bonchev–Trinajstić information content (AvgIpc) is 2.35. The van der Waals surface area contributed by atoms with E-state index in [-0.39, 0.29) is 6.04 Å². The van der Waals surface area contributed by atoms with Crippen LogP contribution in [0.3, 0.4) is 0 Å². The van der Waals surface area contributed by atoms with Crippen molar-refractivity contribution in [3.63, 3.8) is 0 Å². The Morgan fingerprint density at radius 3 is 3.06 bits per heavy atom. The van der Waals surface area contributed by atoms with Crippen LogP contribution in [0.15, 0.2) is 18.2 Å². The summed E-state index contributed by atoms with van der Waals surface area (Å²) in [4.78, 5) is 1.97. The van der Waals surface area contributed by atoms with Gasteiger partial charge in [0.2, 0.25) is 0 Å². The molecule has 2 atom stereocenters. The smallest absolute Gasteiger partial charge is 0.184 e. The molecule has 5 heteroatoms. The van der Waals surface area contributed by atoms with Gasteiger partial charge in [-0.3, -0.25) is 0 Å². The van der Waals surface area contributed by atoms with Gasteiger partial charge in [-0.05, 0) is 25.2 Å². The van der Waals surface area contributed by atoms with Gasteiger partial charge in [-0.1, -0.05) is 12.1 Å². The average molecular weight is 264 g/mol. The largest absolute Gasteiger partial charge is 0.493 e. The Kier molecular flexibility index (Phi) is 2.41. The molecule has 1 N–H and O–H groups in total. The third-order valence-corrected chi connectivity index (χ3v) is 4.21. The highest BCUT2D eigenvalue weighted by molar-refractivity contribution is 7.80. The lowest BCUT2D eigenvalue weighted by Gasteiger charge is -2.51. The summed E-state index contributed by atoms with van der Waals surface area (Å²) in [6, 6.07) is 6.15. The van der Waals surface area contributed by atoms with Gasteiger partial charge in [0.15, 0.2) is 22.3 Å². The van der Waals surface area contributed by atoms with Crippen LogP contribution < -0.4 is 14.8 Å². The Bertz CT molecular complexity index is 520. The summed E-state index contributed by atoms with van der Waals surface area (Å²) in [6.07, 6.45) is 0.865. The first-order valence-corrected chi connectivity index (χ1v) is 6.36. The van der Waals surface area contributed by atoms with Crippen molar-refractivity contribution in [2.24, 2.45) is 0 Å². The van der Waals surface area contributed by atoms with Crippen molar-refractivity contribution in [1.29, 1.82) is 0 Å². The van der Waals surface area contributed by atoms with Gasteiger partial charge in [0.1, 0.15) is 0 Å². The van der Waals surface area contributed by atoms with Crippen molar-refractivity contribution in [3.05, 3.63) is 23.8 Å². The number of methoxy groups -OCH3 is 1. The molecule has 0 radical (unpaired) electrons. The van der Waals surface area contributed by atoms with Crippen molar-refractivity contribution in [2.75, 3.05) is 14.2 Å². The first kappa shape index (κ1) is 11.6. The fourth-order valence-electron chi connectivity index (χ4n) is 2.62. The van der Waals surface area contributed by atoms with Gasteiger partial charge < -0.3 is 19.7 Å². The summed E-state index contributed by atoms with van der Waals surface area (Å²) in [5.74, 6) is 1.59. The lowest BCUT2D eigenvalue weighted by Crippen LogP contribution is -2.63. The number of hydrogen-bond donors (Lipinski definition) is 1. The SMILES string of the molecule is COc1cccc2c1OC1(C)CC2NC(=S)N1C. The monoisotopic (exact) mass is 264 g/mol. The van der Waals surface area contributed by atoms with Gasteiger partial charge >= 0.3 is 0 Å². The molecule has 0 amide bonds. The molecule has 0 spiro atoms. The third-order valence-electron chi connectivity index (χ3n) is 3.82. The minimum Gasteiger partial charge on any atom is -0.493 e. The molecule has 0 aliphatic carbocycles. The number of benzene rings is 1. The molecule has 2 unspecified atom stereocenters. The van der Waals surface area contributed by atoms with E-state index in [4.69, 9.17) is 21.7 Å². The first-order chi connectivity index (χ1) is 8.55. The molecule has 3 rings (SSSR count). The molecule has 0 saturated carbocycles. The van der Waals surface area contributed by atoms with Crippen LogP contribution in [-0.4, -0.2) is 29.9 Å². The Labute approximate surface area is 112 Å². The maximum Gasteiger partial charge on any atom is 0.184 e. The Morgan fingerprint density at radius 2 is 2.33 bits per heavy atom. The van der Waals surface area contributed by atoms with Gasteiger partial charge in [-0.25, -0.2) is 0 Å². The fraction of sp³-hybridized carbons (Fsp3) is 0.462. The lowest BCUT2D eigenvalue weighted by atomic mass is 9.91. The summed E-state index contributed by atoms with van der Waals surface area (Å²) in [5.41, 5.74) is 0.705. The second-order valence-corrected chi connectivity index (χ2v) is 5.31. The molecule has 0 aromatic heterocycles. The predicted molar refractivity (Wildman–Crippen MR) is 72.9 cm³/mol. The molecular formula is C13H16N2O2S. The number of hydrogen-bond acceptors (Lipinski definition) is 3. The number of thiocarbonyl (C=S) groups is 1. The quantitative estimate of drug-likeness (QED) is 0.785. The van der Waals surface area contributed by atoms with Crippen molar-refractivity contribution in [3.8, 4) is 11.5 Å². The standard InChI is InChI=1S/C13H16N2O2S/c1-13-7-9(14-12(18)15(13)2)8-5-4-6-10(16-3)11(8)17-13/h4-6,9H,7H2,1-3H3,(H,14,18). The van der Waals surface area contributed by atoms with Crippen LogP contribution in [0.4, 0.5) is 0 Å². The molecule has 2 aliphatic rings. The van der Waals surface area contributed by atoms with E-state index in [0.717, 1.165) is 28.6 Å². The third kappa shape index (κ3) is 1.47. The molecule has 2 bridgehead atoms. The molecule has 4 nitrogen and oxygen atoms in total. The van der Waals surface area contributed by atoms with Crippen molar-refractivity contribution in [1.82, 2.24) is 10.2 Å². The Balaban J connectivity index is 2.14. The first-order valence-electron chi connectivity index (χ1n) is 5.95. The zero-order valence-corrected chi connectivity index (χ0v) is 11.5. The highest BCUT2D eigenvalue weighted by Crippen LogP contribution is 2.47. The topological polar surface area (TPSA) is 33.7 Å². The number of nitrogens with zero attached hydrogens (tertiary/aromatic N) is 1. The molecule has 18 heavy (non-hydrogen) atoms. The van der Waals surface area contributed by atoms with Crippen LogP contribution >= 0.6 is 12.2 Å². The second-order valence-electron chi connectivity index (χ2n) is 4.92. The summed E-state index contributed by atoms with van der Waals surface area (Å²) >= 11 is 5.35. The molecular weight excluding hydrogens is 248 g/mol. The van der Waals surface area contributed by atoms with Crippen molar-refractivity contribution in [2.45, 2.75) is 25.1 Å². The van der Waals surface area contributed by atoms with E-state index in [9.17, 15) is 0 Å². The minimum atomic E-state index is -0.408. The van der Waals surface area contributed by atoms with E-state index in [1.54, 1.807) is 7.11 Å². The number of para-hydroxylation sites is 1. The van der Waals surface area contributed by atoms with E-state index in [2.05, 4.69) is 18.3 Å². The van der Waals surface area contributed by atoms with Gasteiger partial charge in [0, 0.05) is 19.0 Å². The minimum absolute atomic E-state index is 0.192. The number of fused-ring (bicyclic) bond motifs is 4. The maximum absolute atomic E-state index is 6.17. The van der Waals surface area contributed by atoms with Crippen molar-refractivity contribution >= 4 is 17.3 Å². The summed E-state index contributed by atoms with van der Waals surface area (Å²) in [5, 5.41) is 4.08. The summed E-state index contributed by atoms with van der Waals surface area (Å²) < 4.78 is 11.5. The van der Waals surface area contributed by atoms with Crippen LogP contribution in [0, 0.1) is 0 Å². The van der Waals surface area contributed by atoms with Crippen LogP contribution in [0.5, 0.6) is 11.5 Å². The van der Waals surface area contributed by atoms with Crippen LogP contribution in [-0.2, 0) is 0 Å². The molecule has 1 aromatic carbocycles. The van der Waals surface area contributed by atoms with E-state index >= 15 is 0 Å². The molecule has 2 aliphatic heterocycles. The fourth-order valence-corrected chi connectivity index (χ4v) is 2.96.